The second-order valence-electron chi connectivity index (χ2n) is 1.76. The molecule has 1 rings (SSSR count). The fraction of sp³-hybridized carbons (Fsp3) is 0.600. The molecule has 1 aliphatic rings. The van der Waals surface area contributed by atoms with E-state index in [1.165, 1.54) is 17.2 Å². The molecular formula is C5H5F3S. The van der Waals surface area contributed by atoms with E-state index in [9.17, 15) is 13.2 Å². The molecule has 0 aromatic rings. The molecule has 0 aliphatic carbocycles. The molecule has 0 saturated carbocycles. The highest BCUT2D eigenvalue weighted by molar-refractivity contribution is 8.02. The number of alkyl halides is 3. The van der Waals surface area contributed by atoms with Crippen molar-refractivity contribution in [3.8, 4) is 0 Å². The molecule has 9 heavy (non-hydrogen) atoms. The first-order chi connectivity index (χ1) is 4.11. The minimum absolute atomic E-state index is 0.175. The van der Waals surface area contributed by atoms with E-state index >= 15 is 0 Å². The van der Waals surface area contributed by atoms with Crippen molar-refractivity contribution in [2.24, 2.45) is 0 Å². The Hall–Kier alpha value is -0.120. The van der Waals surface area contributed by atoms with Crippen LogP contribution in [0.2, 0.25) is 0 Å². The normalized spacial score (nSPS) is 20.1. The number of thioether (sulfide) groups is 1. The van der Waals surface area contributed by atoms with Crippen LogP contribution in [0.1, 0.15) is 6.42 Å². The first kappa shape index (κ1) is 6.99. The van der Waals surface area contributed by atoms with Crippen LogP contribution in [-0.2, 0) is 0 Å². The highest BCUT2D eigenvalue weighted by Gasteiger charge is 2.34. The van der Waals surface area contributed by atoms with E-state index in [1.54, 1.807) is 0 Å². The van der Waals surface area contributed by atoms with Gasteiger partial charge in [-0.25, -0.2) is 0 Å². The largest absolute Gasteiger partial charge is 0.413 e. The van der Waals surface area contributed by atoms with Gasteiger partial charge in [-0.15, -0.1) is 11.8 Å². The van der Waals surface area contributed by atoms with Gasteiger partial charge in [-0.2, -0.15) is 13.2 Å². The summed E-state index contributed by atoms with van der Waals surface area (Å²) in [5.74, 6) is 0.578. The van der Waals surface area contributed by atoms with Crippen LogP contribution in [0.5, 0.6) is 0 Å². The predicted octanol–water partition coefficient (Wildman–Crippen LogP) is 2.57. The van der Waals surface area contributed by atoms with Crippen molar-refractivity contribution >= 4 is 11.8 Å². The van der Waals surface area contributed by atoms with Crippen LogP contribution >= 0.6 is 11.8 Å². The van der Waals surface area contributed by atoms with E-state index in [-0.39, 0.29) is 12.0 Å². The number of hydrogen-bond donors (Lipinski definition) is 0. The Morgan fingerprint density at radius 2 is 2.11 bits per heavy atom. The van der Waals surface area contributed by atoms with Crippen molar-refractivity contribution in [2.45, 2.75) is 12.6 Å². The average molecular weight is 154 g/mol. The molecule has 0 saturated heterocycles. The van der Waals surface area contributed by atoms with Crippen LogP contribution in [0.15, 0.2) is 11.0 Å². The molecule has 1 aliphatic heterocycles. The molecule has 0 atom stereocenters. The van der Waals surface area contributed by atoms with Gasteiger partial charge in [0.15, 0.2) is 0 Å². The van der Waals surface area contributed by atoms with E-state index in [2.05, 4.69) is 0 Å². The third-order valence-corrected chi connectivity index (χ3v) is 1.97. The van der Waals surface area contributed by atoms with Crippen LogP contribution in [0.4, 0.5) is 13.2 Å². The molecule has 4 heteroatoms. The molecule has 0 fully saturated rings. The fourth-order valence-corrected chi connectivity index (χ4v) is 1.50. The zero-order valence-corrected chi connectivity index (χ0v) is 5.35. The van der Waals surface area contributed by atoms with Crippen molar-refractivity contribution < 1.29 is 13.2 Å². The Balaban J connectivity index is 2.61. The average Bonchev–Trinajstić information content (AvgIpc) is 2.08. The number of allylic oxidation sites excluding steroid dienone is 1. The summed E-state index contributed by atoms with van der Waals surface area (Å²) in [4.78, 5) is 0. The highest BCUT2D eigenvalue weighted by atomic mass is 32.2. The van der Waals surface area contributed by atoms with E-state index in [0.717, 1.165) is 0 Å². The SMILES string of the molecule is FC(F)(F)C1=CSCC1. The summed E-state index contributed by atoms with van der Waals surface area (Å²) in [5.41, 5.74) is -0.382. The fourth-order valence-electron chi connectivity index (χ4n) is 0.596. The van der Waals surface area contributed by atoms with Crippen LogP contribution in [0, 0.1) is 0 Å². The second-order valence-corrected chi connectivity index (χ2v) is 2.74. The van der Waals surface area contributed by atoms with Gasteiger partial charge in [-0.05, 0) is 11.8 Å². The van der Waals surface area contributed by atoms with Crippen molar-refractivity contribution in [3.05, 3.63) is 11.0 Å². The Morgan fingerprint density at radius 3 is 2.33 bits per heavy atom. The summed E-state index contributed by atoms with van der Waals surface area (Å²) < 4.78 is 35.0. The third-order valence-electron chi connectivity index (χ3n) is 1.08. The Labute approximate surface area is 55.1 Å². The summed E-state index contributed by atoms with van der Waals surface area (Å²) in [7, 11) is 0. The summed E-state index contributed by atoms with van der Waals surface area (Å²) in [6.45, 7) is 0. The molecular weight excluding hydrogens is 149 g/mol. The maximum atomic E-state index is 11.7. The maximum absolute atomic E-state index is 11.7. The Morgan fingerprint density at radius 1 is 1.44 bits per heavy atom. The Bertz CT molecular complexity index is 136. The first-order valence-corrected chi connectivity index (χ1v) is 3.53. The molecule has 0 nitrogen and oxygen atoms in total. The molecule has 0 bridgehead atoms. The number of halogens is 3. The van der Waals surface area contributed by atoms with Crippen LogP contribution in [0.3, 0.4) is 0 Å². The summed E-state index contributed by atoms with van der Waals surface area (Å²) in [6, 6.07) is 0. The number of hydrogen-bond acceptors (Lipinski definition) is 1. The maximum Gasteiger partial charge on any atom is 0.413 e. The summed E-state index contributed by atoms with van der Waals surface area (Å²) in [6.07, 6.45) is -3.91. The van der Waals surface area contributed by atoms with Gasteiger partial charge in [-0.1, -0.05) is 0 Å². The third kappa shape index (κ3) is 1.64. The molecule has 0 radical (unpaired) electrons. The van der Waals surface area contributed by atoms with Crippen LogP contribution in [-0.4, -0.2) is 11.9 Å². The van der Waals surface area contributed by atoms with Gasteiger partial charge in [0.05, 0.1) is 0 Å². The highest BCUT2D eigenvalue weighted by Crippen LogP contribution is 2.35. The zero-order chi connectivity index (χ0) is 6.91. The van der Waals surface area contributed by atoms with Gasteiger partial charge >= 0.3 is 6.18 Å². The monoisotopic (exact) mass is 154 g/mol. The zero-order valence-electron chi connectivity index (χ0n) is 4.53. The molecule has 0 aromatic carbocycles. The topological polar surface area (TPSA) is 0 Å². The molecule has 0 N–H and O–H groups in total. The Kier molecular flexibility index (Phi) is 1.75. The van der Waals surface area contributed by atoms with Crippen molar-refractivity contribution in [1.29, 1.82) is 0 Å². The molecule has 0 amide bonds. The number of rotatable bonds is 0. The van der Waals surface area contributed by atoms with E-state index in [0.29, 0.717) is 5.75 Å². The van der Waals surface area contributed by atoms with Gasteiger partial charge in [0.2, 0.25) is 0 Å². The second kappa shape index (κ2) is 2.25. The lowest BCUT2D eigenvalue weighted by atomic mass is 10.2. The molecule has 0 spiro atoms. The lowest BCUT2D eigenvalue weighted by Crippen LogP contribution is -2.09. The minimum Gasteiger partial charge on any atom is -0.166 e. The minimum atomic E-state index is -4.08. The van der Waals surface area contributed by atoms with E-state index in [1.807, 2.05) is 0 Å². The van der Waals surface area contributed by atoms with E-state index in [4.69, 9.17) is 0 Å². The summed E-state index contributed by atoms with van der Waals surface area (Å²) in [5, 5.41) is 1.19. The lowest BCUT2D eigenvalue weighted by molar-refractivity contribution is -0.0928. The van der Waals surface area contributed by atoms with Gasteiger partial charge < -0.3 is 0 Å². The summed E-state index contributed by atoms with van der Waals surface area (Å²) >= 11 is 1.23. The lowest BCUT2D eigenvalue weighted by Gasteiger charge is -2.04. The van der Waals surface area contributed by atoms with Crippen LogP contribution in [0.25, 0.3) is 0 Å². The van der Waals surface area contributed by atoms with Crippen molar-refractivity contribution in [2.75, 3.05) is 5.75 Å². The van der Waals surface area contributed by atoms with Gasteiger partial charge in [0, 0.05) is 11.3 Å². The smallest absolute Gasteiger partial charge is 0.166 e. The quantitative estimate of drug-likeness (QED) is 0.516. The van der Waals surface area contributed by atoms with Gasteiger partial charge in [0.1, 0.15) is 0 Å². The predicted molar refractivity (Wildman–Crippen MR) is 31.2 cm³/mol. The van der Waals surface area contributed by atoms with Crippen LogP contribution < -0.4 is 0 Å². The van der Waals surface area contributed by atoms with E-state index < -0.39 is 6.18 Å². The van der Waals surface area contributed by atoms with Gasteiger partial charge in [0.25, 0.3) is 0 Å². The first-order valence-electron chi connectivity index (χ1n) is 2.48. The van der Waals surface area contributed by atoms with Gasteiger partial charge in [-0.3, -0.25) is 0 Å². The standard InChI is InChI=1S/C5H5F3S/c6-5(7,8)4-1-2-9-3-4/h3H,1-2H2. The van der Waals surface area contributed by atoms with Crippen molar-refractivity contribution in [1.82, 2.24) is 0 Å². The van der Waals surface area contributed by atoms with Crippen molar-refractivity contribution in [3.63, 3.8) is 0 Å². The molecule has 1 heterocycles. The molecule has 52 valence electrons. The molecule has 0 aromatic heterocycles. The molecule has 0 unspecified atom stereocenters.